The van der Waals surface area contributed by atoms with Crippen LogP contribution in [0.25, 0.3) is 0 Å². The van der Waals surface area contributed by atoms with Crippen molar-refractivity contribution in [3.8, 4) is 0 Å². The third kappa shape index (κ3) is 19.0. The van der Waals surface area contributed by atoms with Crippen LogP contribution in [-0.4, -0.2) is 113 Å². The van der Waals surface area contributed by atoms with E-state index in [1.807, 2.05) is 38.4 Å². The number of aliphatic carboxylic acids is 2. The fraction of sp³-hybridized carbons (Fsp3) is 0.636. The zero-order chi connectivity index (χ0) is 42.4. The van der Waals surface area contributed by atoms with Crippen molar-refractivity contribution >= 4 is 37.9 Å². The summed E-state index contributed by atoms with van der Waals surface area (Å²) in [6.45, 7) is 7.02. The highest BCUT2D eigenvalue weighted by Crippen LogP contribution is 2.31. The van der Waals surface area contributed by atoms with Gasteiger partial charge in [0.1, 0.15) is 0 Å². The van der Waals surface area contributed by atoms with Crippen molar-refractivity contribution < 1.29 is 45.6 Å². The predicted molar refractivity (Wildman–Crippen MR) is 240 cm³/mol. The van der Waals surface area contributed by atoms with E-state index < -0.39 is 43.2 Å². The minimum atomic E-state index is -3.89. The molecule has 2 aromatic rings. The first-order valence-corrected chi connectivity index (χ1v) is 23.7. The number of quaternary nitrogens is 2. The quantitative estimate of drug-likeness (QED) is 0.0468. The highest BCUT2D eigenvalue weighted by atomic mass is 32.2. The number of unbranched alkanes of at least 4 members (excludes halogenated alkanes) is 7. The Morgan fingerprint density at radius 2 is 1.03 bits per heavy atom. The number of hydrogen-bond acceptors (Lipinski definition) is 6. The van der Waals surface area contributed by atoms with Crippen LogP contribution >= 0.6 is 0 Å². The van der Waals surface area contributed by atoms with Crippen LogP contribution in [0.15, 0.2) is 53.4 Å². The van der Waals surface area contributed by atoms with Gasteiger partial charge in [0.15, 0.2) is 0 Å². The second-order valence-electron chi connectivity index (χ2n) is 17.8. The number of nitrogens with one attached hydrogen (secondary N) is 3. The third-order valence-electron chi connectivity index (χ3n) is 11.3. The summed E-state index contributed by atoms with van der Waals surface area (Å²) >= 11 is 0. The molecule has 2 saturated heterocycles. The van der Waals surface area contributed by atoms with Crippen molar-refractivity contribution in [2.24, 2.45) is 0 Å². The van der Waals surface area contributed by atoms with Crippen LogP contribution < -0.4 is 14.2 Å². The number of rotatable bonds is 22. The second kappa shape index (κ2) is 23.8. The number of anilines is 1. The van der Waals surface area contributed by atoms with E-state index in [9.17, 15) is 36.6 Å². The molecule has 1 atom stereocenters. The van der Waals surface area contributed by atoms with E-state index in [2.05, 4.69) is 42.1 Å². The molecule has 0 aromatic heterocycles. The Balaban J connectivity index is 0.000000579. The zero-order valence-corrected chi connectivity index (χ0v) is 38.9. The highest BCUT2D eigenvalue weighted by molar-refractivity contribution is 7.90. The van der Waals surface area contributed by atoms with Gasteiger partial charge in [0.05, 0.1) is 83.2 Å². The average Bonchev–Trinajstić information content (AvgIpc) is 3.40. The number of carboxylic acid groups (broad SMARTS) is 2. The minimum absolute atomic E-state index is 0. The molecule has 4 rings (SSSR count). The van der Waals surface area contributed by atoms with E-state index in [-0.39, 0.29) is 32.6 Å². The molecule has 0 bridgehead atoms. The molecule has 59 heavy (non-hydrogen) atoms. The lowest BCUT2D eigenvalue weighted by Gasteiger charge is -2.44. The van der Waals surface area contributed by atoms with Gasteiger partial charge in [0.25, 0.3) is 10.2 Å². The lowest BCUT2D eigenvalue weighted by atomic mass is 9.85. The third-order valence-corrected chi connectivity index (χ3v) is 14.1. The van der Waals surface area contributed by atoms with Crippen LogP contribution in [0.5, 0.6) is 0 Å². The average molecular weight is 868 g/mol. The van der Waals surface area contributed by atoms with Gasteiger partial charge < -0.3 is 34.0 Å². The Hall–Kier alpha value is -3.08. The standard InChI is InChI=1S/C23H39N3O4S.C19H30N2O4S.2CH3/c1-4-5-6-7-8-9-10-20-11-13-21(14-12-20)24-31(29,30)25-23(19-22(27)28)15-17-26(2,3)18-16-23;1-4-5-6-7-16-8-10-17(11-9-16)26(24,25)20-19(14-18(22)23)12-13-21(2,3)15-19;;/h11-14,24-25H,4-10,15-19H2,1-3H3;8-11,20H,4-7,12-15H2,1-3H3;2*1H3/q;;2*-1/p+2. The monoisotopic (exact) mass is 868 g/mol. The summed E-state index contributed by atoms with van der Waals surface area (Å²) in [5.41, 5.74) is 0.908. The largest absolute Gasteiger partial charge is 0.481 e. The Bertz CT molecular complexity index is 1790. The van der Waals surface area contributed by atoms with Crippen molar-refractivity contribution in [2.45, 2.75) is 133 Å². The molecule has 2 heterocycles. The normalized spacial score (nSPS) is 19.3. The van der Waals surface area contributed by atoms with Gasteiger partial charge in [0, 0.05) is 24.9 Å². The SMILES string of the molecule is CCCCCCCCc1ccc(NS(=O)(=O)NC2(CC(=O)O)CC[N+](C)(C)CC2)cc1.CCCCCc1ccc(S(=O)(=O)NC2(CC(=O)O)CC[N+](C)(C)C2)cc1.[CH3-].[CH3-]. The summed E-state index contributed by atoms with van der Waals surface area (Å²) in [4.78, 5) is 22.9. The van der Waals surface area contributed by atoms with Gasteiger partial charge in [-0.05, 0) is 61.1 Å². The molecule has 0 radical (unpaired) electrons. The summed E-state index contributed by atoms with van der Waals surface area (Å²) in [6.07, 6.45) is 13.9. The first kappa shape index (κ1) is 53.9. The van der Waals surface area contributed by atoms with Gasteiger partial charge in [0.2, 0.25) is 10.0 Å². The topological polar surface area (TPSA) is 179 Å². The summed E-state index contributed by atoms with van der Waals surface area (Å²) in [5.74, 6) is -1.98. The first-order chi connectivity index (χ1) is 26.6. The van der Waals surface area contributed by atoms with Crippen LogP contribution in [-0.2, 0) is 42.7 Å². The van der Waals surface area contributed by atoms with Gasteiger partial charge in [-0.2, -0.15) is 17.9 Å². The molecule has 0 aliphatic carbocycles. The van der Waals surface area contributed by atoms with Crippen LogP contribution in [0.1, 0.15) is 115 Å². The van der Waals surface area contributed by atoms with Crippen molar-refractivity contribution in [1.82, 2.24) is 9.44 Å². The van der Waals surface area contributed by atoms with Crippen molar-refractivity contribution in [1.29, 1.82) is 0 Å². The molecule has 2 aliphatic heterocycles. The Labute approximate surface area is 357 Å². The Morgan fingerprint density at radius 3 is 1.53 bits per heavy atom. The lowest BCUT2D eigenvalue weighted by Crippen LogP contribution is -2.60. The maximum absolute atomic E-state index is 12.8. The number of nitrogens with zero attached hydrogens (tertiary/aromatic N) is 2. The zero-order valence-electron chi connectivity index (χ0n) is 37.3. The smallest absolute Gasteiger partial charge is 0.305 e. The molecule has 15 heteroatoms. The van der Waals surface area contributed by atoms with Gasteiger partial charge in [-0.3, -0.25) is 14.3 Å². The molecule has 2 aromatic carbocycles. The fourth-order valence-corrected chi connectivity index (χ4v) is 10.8. The minimum Gasteiger partial charge on any atom is -0.481 e. The Kier molecular flexibility index (Phi) is 21.8. The van der Waals surface area contributed by atoms with Crippen LogP contribution in [0.4, 0.5) is 5.69 Å². The van der Waals surface area contributed by atoms with Crippen LogP contribution in [0, 0.1) is 14.9 Å². The molecule has 0 saturated carbocycles. The van der Waals surface area contributed by atoms with E-state index in [1.165, 1.54) is 37.7 Å². The molecule has 13 nitrogen and oxygen atoms in total. The number of benzene rings is 2. The first-order valence-electron chi connectivity index (χ1n) is 20.7. The Morgan fingerprint density at radius 1 is 0.610 bits per heavy atom. The number of aryl methyl sites for hydroxylation is 2. The highest BCUT2D eigenvalue weighted by Gasteiger charge is 2.49. The molecule has 2 fully saturated rings. The van der Waals surface area contributed by atoms with Crippen molar-refractivity contribution in [3.05, 3.63) is 74.5 Å². The van der Waals surface area contributed by atoms with Crippen LogP contribution in [0.3, 0.4) is 0 Å². The fourth-order valence-electron chi connectivity index (χ4n) is 7.99. The van der Waals surface area contributed by atoms with E-state index in [0.29, 0.717) is 36.0 Å². The number of hydrogen-bond donors (Lipinski definition) is 5. The van der Waals surface area contributed by atoms with Crippen molar-refractivity contribution in [2.75, 3.05) is 59.1 Å². The van der Waals surface area contributed by atoms with Gasteiger partial charge in [-0.1, -0.05) is 83.1 Å². The molecule has 338 valence electrons. The molecule has 5 N–H and O–H groups in total. The summed E-state index contributed by atoms with van der Waals surface area (Å²) in [7, 11) is 0.474. The van der Waals surface area contributed by atoms with E-state index in [0.717, 1.165) is 68.2 Å². The molecular weight excluding hydrogens is 791 g/mol. The molecular formula is C44H77N5O8S2. The maximum Gasteiger partial charge on any atom is 0.305 e. The summed E-state index contributed by atoms with van der Waals surface area (Å²) in [5, 5.41) is 18.6. The lowest BCUT2D eigenvalue weighted by molar-refractivity contribution is -0.896. The molecule has 1 unspecified atom stereocenters. The summed E-state index contributed by atoms with van der Waals surface area (Å²) < 4.78 is 60.6. The molecule has 2 aliphatic rings. The van der Waals surface area contributed by atoms with Crippen LogP contribution in [0.2, 0.25) is 0 Å². The number of carboxylic acids is 2. The number of likely N-dealkylation sites (N-methyl/N-ethyl adjacent to an activating group) is 1. The van der Waals surface area contributed by atoms with E-state index in [4.69, 9.17) is 0 Å². The number of carbonyl (C=O) groups is 2. The van der Waals surface area contributed by atoms with Gasteiger partial charge in [-0.25, -0.2) is 8.42 Å². The number of sulfonamides is 1. The van der Waals surface area contributed by atoms with E-state index in [1.54, 1.807) is 24.3 Å². The second-order valence-corrected chi connectivity index (χ2v) is 20.9. The van der Waals surface area contributed by atoms with Crippen molar-refractivity contribution in [3.63, 3.8) is 0 Å². The number of likely N-dealkylation sites (tertiary alicyclic amines) is 2. The molecule has 0 spiro atoms. The summed E-state index contributed by atoms with van der Waals surface area (Å²) in [6, 6.07) is 14.4. The number of piperidine rings is 1. The predicted octanol–water partition coefficient (Wildman–Crippen LogP) is 7.21. The maximum atomic E-state index is 12.8. The van der Waals surface area contributed by atoms with Gasteiger partial charge >= 0.3 is 11.9 Å². The van der Waals surface area contributed by atoms with Gasteiger partial charge in [-0.15, -0.1) is 0 Å². The van der Waals surface area contributed by atoms with E-state index >= 15 is 0 Å². The molecule has 0 amide bonds.